The molecule has 0 unspecified atom stereocenters. The Hall–Kier alpha value is -5.73. The Bertz CT molecular complexity index is 2440. The quantitative estimate of drug-likeness (QED) is 0.0556. The SMILES string of the molecule is C=C(O)c1ccc(-c2c3nc(c(CCCCCC)c4ccc([nH]4)c(CCCCCC)c4nc(c(-c5ccc(C(=O)O)cc5)c5ccc2[nH]5)[C@@H](C)[C@H]4O)C=C3)cc1. The normalized spacial score (nSPS) is 15.0. The van der Waals surface area contributed by atoms with Gasteiger partial charge in [0.15, 0.2) is 0 Å². The van der Waals surface area contributed by atoms with Gasteiger partial charge in [-0.05, 0) is 90.9 Å². The van der Waals surface area contributed by atoms with Crippen molar-refractivity contribution in [2.24, 2.45) is 0 Å². The van der Waals surface area contributed by atoms with Crippen LogP contribution in [0.25, 0.3) is 62.2 Å². The third-order valence-corrected chi connectivity index (χ3v) is 11.2. The van der Waals surface area contributed by atoms with E-state index in [9.17, 15) is 20.1 Å². The molecule has 5 aromatic rings. The Morgan fingerprint density at radius 3 is 1.75 bits per heavy atom. The number of carbonyl (C=O) groups is 1. The first-order chi connectivity index (χ1) is 27.2. The number of aromatic nitrogens is 4. The number of hydrogen-bond acceptors (Lipinski definition) is 5. The Labute approximate surface area is 328 Å². The Morgan fingerprint density at radius 2 is 1.14 bits per heavy atom. The fraction of sp³-hybridized carbons (Fsp3) is 0.312. The molecule has 0 spiro atoms. The number of aliphatic hydroxyl groups excluding tert-OH is 2. The van der Waals surface area contributed by atoms with Crippen LogP contribution in [-0.2, 0) is 12.8 Å². The molecule has 7 rings (SSSR count). The number of H-pyrrole nitrogens is 2. The van der Waals surface area contributed by atoms with E-state index in [0.29, 0.717) is 11.3 Å². The van der Waals surface area contributed by atoms with Gasteiger partial charge in [0.2, 0.25) is 0 Å². The highest BCUT2D eigenvalue weighted by Gasteiger charge is 2.32. The van der Waals surface area contributed by atoms with E-state index >= 15 is 0 Å². The largest absolute Gasteiger partial charge is 0.508 e. The number of rotatable bonds is 14. The molecule has 8 bridgehead atoms. The zero-order valence-corrected chi connectivity index (χ0v) is 32.7. The summed E-state index contributed by atoms with van der Waals surface area (Å²) in [6.45, 7) is 10.2. The molecule has 0 saturated heterocycles. The van der Waals surface area contributed by atoms with Crippen LogP contribution in [0.2, 0.25) is 0 Å². The maximum absolute atomic E-state index is 12.1. The highest BCUT2D eigenvalue weighted by Crippen LogP contribution is 2.43. The monoisotopic (exact) mass is 748 g/mol. The van der Waals surface area contributed by atoms with E-state index in [0.717, 1.165) is 130 Å². The number of nitrogens with zero attached hydrogens (tertiary/aromatic N) is 2. The second-order valence-corrected chi connectivity index (χ2v) is 15.1. The minimum atomic E-state index is -0.995. The summed E-state index contributed by atoms with van der Waals surface area (Å²) in [7, 11) is 0. The van der Waals surface area contributed by atoms with E-state index < -0.39 is 12.1 Å². The van der Waals surface area contributed by atoms with Gasteiger partial charge in [0.25, 0.3) is 0 Å². The van der Waals surface area contributed by atoms with Crippen LogP contribution in [0.5, 0.6) is 0 Å². The average molecular weight is 749 g/mol. The van der Waals surface area contributed by atoms with Crippen LogP contribution < -0.4 is 0 Å². The predicted molar refractivity (Wildman–Crippen MR) is 228 cm³/mol. The number of aromatic carboxylic acids is 1. The standard InChI is InChI=1S/C48H52N4O4/c1-5-7-9-11-13-35-37-23-24-39(49-37)36(14-12-10-8-6-2)46-47(54)29(3)45(52-46)44(33-19-21-34(22-20-33)48(55)56)42-28-27-41(51-42)43(40-26-25-38(35)50-40)32-17-15-31(16-18-32)30(4)53/h15-29,47,49,51,53-54H,4-14H2,1-3H3,(H,55,56)/t29-,47-/m1/s1. The van der Waals surface area contributed by atoms with Gasteiger partial charge in [0.05, 0.1) is 28.3 Å². The molecule has 0 fully saturated rings. The summed E-state index contributed by atoms with van der Waals surface area (Å²) in [5, 5.41) is 31.9. The van der Waals surface area contributed by atoms with Gasteiger partial charge in [0.1, 0.15) is 11.9 Å². The average Bonchev–Trinajstić information content (AvgIpc) is 4.03. The molecule has 8 heteroatoms. The van der Waals surface area contributed by atoms with E-state index in [1.165, 1.54) is 6.42 Å². The van der Waals surface area contributed by atoms with Crippen molar-refractivity contribution in [3.63, 3.8) is 0 Å². The van der Waals surface area contributed by atoms with E-state index in [1.54, 1.807) is 12.1 Å². The summed E-state index contributed by atoms with van der Waals surface area (Å²) < 4.78 is 0. The lowest BCUT2D eigenvalue weighted by Crippen LogP contribution is -2.04. The van der Waals surface area contributed by atoms with E-state index in [-0.39, 0.29) is 17.2 Å². The Balaban J connectivity index is 1.60. The topological polar surface area (TPSA) is 135 Å². The fourth-order valence-electron chi connectivity index (χ4n) is 8.07. The highest BCUT2D eigenvalue weighted by molar-refractivity contribution is 5.94. The molecule has 0 aliphatic carbocycles. The lowest BCUT2D eigenvalue weighted by atomic mass is 9.92. The highest BCUT2D eigenvalue weighted by atomic mass is 16.4. The maximum Gasteiger partial charge on any atom is 0.335 e. The zero-order valence-electron chi connectivity index (χ0n) is 32.7. The van der Waals surface area contributed by atoms with Gasteiger partial charge in [-0.25, -0.2) is 9.78 Å². The summed E-state index contributed by atoms with van der Waals surface area (Å²) in [5.41, 5.74) is 13.1. The van der Waals surface area contributed by atoms with Gasteiger partial charge in [-0.2, -0.15) is 0 Å². The molecule has 56 heavy (non-hydrogen) atoms. The molecular weight excluding hydrogens is 697 g/mol. The number of carboxylic acids is 1. The molecule has 2 atom stereocenters. The second kappa shape index (κ2) is 17.0. The molecule has 3 aromatic heterocycles. The van der Waals surface area contributed by atoms with Crippen molar-refractivity contribution in [2.75, 3.05) is 0 Å². The Morgan fingerprint density at radius 1 is 0.625 bits per heavy atom. The first-order valence-electron chi connectivity index (χ1n) is 20.1. The molecule has 2 aliphatic rings. The van der Waals surface area contributed by atoms with Gasteiger partial charge in [0, 0.05) is 50.2 Å². The van der Waals surface area contributed by atoms with E-state index in [1.807, 2.05) is 55.5 Å². The number of unbranched alkanes of at least 4 members (excludes halogenated alkanes) is 6. The van der Waals surface area contributed by atoms with Gasteiger partial charge >= 0.3 is 5.97 Å². The molecule has 0 saturated carbocycles. The molecule has 0 radical (unpaired) electrons. The number of fused-ring (bicyclic) bond motifs is 8. The van der Waals surface area contributed by atoms with Crippen LogP contribution >= 0.6 is 0 Å². The van der Waals surface area contributed by atoms with Gasteiger partial charge < -0.3 is 25.3 Å². The first kappa shape index (κ1) is 38.5. The molecule has 288 valence electrons. The summed E-state index contributed by atoms with van der Waals surface area (Å²) in [6.07, 6.45) is 13.9. The number of carboxylic acid groups (broad SMARTS) is 1. The van der Waals surface area contributed by atoms with Crippen molar-refractivity contribution in [2.45, 2.75) is 97.0 Å². The maximum atomic E-state index is 12.1. The van der Waals surface area contributed by atoms with Gasteiger partial charge in [-0.1, -0.05) is 102 Å². The fourth-order valence-corrected chi connectivity index (χ4v) is 8.07. The molecule has 5 heterocycles. The smallest absolute Gasteiger partial charge is 0.335 e. The van der Waals surface area contributed by atoms with E-state index in [4.69, 9.17) is 9.97 Å². The molecular formula is C48H52N4O4. The minimum Gasteiger partial charge on any atom is -0.508 e. The molecule has 2 aliphatic heterocycles. The minimum absolute atomic E-state index is 0.00222. The third-order valence-electron chi connectivity index (χ3n) is 11.2. The number of benzene rings is 2. The van der Waals surface area contributed by atoms with Gasteiger partial charge in [-0.3, -0.25) is 4.98 Å². The Kier molecular flexibility index (Phi) is 11.7. The zero-order chi connectivity index (χ0) is 39.3. The summed E-state index contributed by atoms with van der Waals surface area (Å²) in [4.78, 5) is 30.1. The van der Waals surface area contributed by atoms with Crippen LogP contribution in [0.3, 0.4) is 0 Å². The van der Waals surface area contributed by atoms with Crippen LogP contribution in [0.4, 0.5) is 0 Å². The van der Waals surface area contributed by atoms with Crippen molar-refractivity contribution in [1.29, 1.82) is 0 Å². The number of aryl methyl sites for hydroxylation is 2. The van der Waals surface area contributed by atoms with Crippen LogP contribution in [0, 0.1) is 0 Å². The first-order valence-corrected chi connectivity index (χ1v) is 20.1. The van der Waals surface area contributed by atoms with Crippen molar-refractivity contribution in [3.05, 3.63) is 124 Å². The number of nitrogens with one attached hydrogen (secondary N) is 2. The number of aliphatic hydroxyl groups is 2. The van der Waals surface area contributed by atoms with E-state index in [2.05, 4.69) is 54.7 Å². The third kappa shape index (κ3) is 7.84. The van der Waals surface area contributed by atoms with Crippen LogP contribution in [0.15, 0.2) is 79.4 Å². The summed E-state index contributed by atoms with van der Waals surface area (Å²) >= 11 is 0. The summed E-state index contributed by atoms with van der Waals surface area (Å²) in [5.74, 6) is -1.34. The van der Waals surface area contributed by atoms with Crippen molar-refractivity contribution >= 4 is 45.9 Å². The number of hydrogen-bond donors (Lipinski definition) is 5. The van der Waals surface area contributed by atoms with Crippen LogP contribution in [0.1, 0.15) is 134 Å². The molecule has 0 amide bonds. The van der Waals surface area contributed by atoms with Crippen molar-refractivity contribution in [1.82, 2.24) is 19.9 Å². The number of aromatic amines is 2. The van der Waals surface area contributed by atoms with Crippen molar-refractivity contribution in [3.8, 4) is 22.3 Å². The summed E-state index contributed by atoms with van der Waals surface area (Å²) in [6, 6.07) is 22.9. The predicted octanol–water partition coefficient (Wildman–Crippen LogP) is 12.1. The molecule has 8 nitrogen and oxygen atoms in total. The molecule has 5 N–H and O–H groups in total. The molecule has 2 aromatic carbocycles. The second-order valence-electron chi connectivity index (χ2n) is 15.1. The lowest BCUT2D eigenvalue weighted by molar-refractivity contribution is 0.0697. The lowest BCUT2D eigenvalue weighted by Gasteiger charge is -2.14. The van der Waals surface area contributed by atoms with Crippen molar-refractivity contribution < 1.29 is 20.1 Å². The van der Waals surface area contributed by atoms with Gasteiger partial charge in [-0.15, -0.1) is 0 Å². The van der Waals surface area contributed by atoms with Crippen LogP contribution in [-0.4, -0.2) is 41.2 Å².